The molecule has 1 aliphatic heterocycles. The van der Waals surface area contributed by atoms with Crippen LogP contribution in [0, 0.1) is 12.8 Å². The van der Waals surface area contributed by atoms with Gasteiger partial charge in [0, 0.05) is 43.1 Å². The second-order valence-electron chi connectivity index (χ2n) is 11.4. The van der Waals surface area contributed by atoms with Gasteiger partial charge < -0.3 is 20.2 Å². The molecule has 1 amide bonds. The van der Waals surface area contributed by atoms with E-state index in [1.54, 1.807) is 0 Å². The number of carbonyl (C=O) groups excluding carboxylic acids is 1. The fourth-order valence-corrected chi connectivity index (χ4v) is 6.91. The molecule has 6 nitrogen and oxygen atoms in total. The van der Waals surface area contributed by atoms with Gasteiger partial charge in [0.25, 0.3) is 0 Å². The number of amides is 1. The summed E-state index contributed by atoms with van der Waals surface area (Å²) in [5.41, 5.74) is -0.211. The van der Waals surface area contributed by atoms with E-state index < -0.39 is 11.0 Å². The highest BCUT2D eigenvalue weighted by Crippen LogP contribution is 2.58. The van der Waals surface area contributed by atoms with Gasteiger partial charge in [-0.3, -0.25) is 9.69 Å². The molecule has 1 saturated heterocycles. The molecule has 1 aromatic rings. The van der Waals surface area contributed by atoms with E-state index in [-0.39, 0.29) is 29.5 Å². The van der Waals surface area contributed by atoms with Gasteiger partial charge in [-0.1, -0.05) is 25.8 Å². The minimum Gasteiger partial charge on any atom is -0.504 e. The van der Waals surface area contributed by atoms with Crippen LogP contribution in [0.25, 0.3) is 0 Å². The third-order valence-corrected chi connectivity index (χ3v) is 9.30. The van der Waals surface area contributed by atoms with Crippen molar-refractivity contribution in [1.82, 2.24) is 9.80 Å². The maximum atomic E-state index is 13.0. The topological polar surface area (TPSA) is 84.2 Å². The molecule has 4 rings (SSSR count). The number of fused-ring (bicyclic) bond motifs is 1. The van der Waals surface area contributed by atoms with Gasteiger partial charge in [0.2, 0.25) is 5.91 Å². The minimum atomic E-state index is -1.04. The van der Waals surface area contributed by atoms with Crippen LogP contribution in [-0.2, 0) is 10.2 Å². The molecule has 2 saturated carbocycles. The molecule has 0 spiro atoms. The number of phenols is 2. The third-order valence-electron chi connectivity index (χ3n) is 9.30. The number of hydrogen-bond acceptors (Lipinski definition) is 5. The van der Waals surface area contributed by atoms with Crippen LogP contribution in [0.1, 0.15) is 89.2 Å². The fraction of sp³-hybridized carbons (Fsp3) is 0.750. The van der Waals surface area contributed by atoms with Crippen molar-refractivity contribution in [2.75, 3.05) is 20.1 Å². The highest BCUT2D eigenvalue weighted by atomic mass is 16.3. The minimum absolute atomic E-state index is 0.00210. The maximum absolute atomic E-state index is 13.0. The van der Waals surface area contributed by atoms with Crippen molar-refractivity contribution in [3.63, 3.8) is 0 Å². The molecule has 0 radical (unpaired) electrons. The van der Waals surface area contributed by atoms with Gasteiger partial charge in [-0.2, -0.15) is 0 Å². The molecule has 34 heavy (non-hydrogen) atoms. The molecule has 0 bridgehead atoms. The maximum Gasteiger partial charge on any atom is 0.222 e. The molecule has 2 unspecified atom stereocenters. The van der Waals surface area contributed by atoms with Gasteiger partial charge >= 0.3 is 0 Å². The molecular weight excluding hydrogens is 428 g/mol. The van der Waals surface area contributed by atoms with Gasteiger partial charge in [-0.25, -0.2) is 0 Å². The number of aliphatic hydroxyl groups is 1. The van der Waals surface area contributed by atoms with Crippen molar-refractivity contribution in [2.24, 2.45) is 5.92 Å². The number of likely N-dealkylation sites (tertiary alicyclic amines) is 1. The Morgan fingerprint density at radius 1 is 1.18 bits per heavy atom. The van der Waals surface area contributed by atoms with Gasteiger partial charge in [-0.05, 0) is 82.9 Å². The summed E-state index contributed by atoms with van der Waals surface area (Å²) < 4.78 is 0. The van der Waals surface area contributed by atoms with E-state index in [1.807, 2.05) is 24.9 Å². The Morgan fingerprint density at radius 2 is 1.91 bits per heavy atom. The summed E-state index contributed by atoms with van der Waals surface area (Å²) in [6, 6.07) is 3.30. The summed E-state index contributed by atoms with van der Waals surface area (Å²) in [4.78, 5) is 17.3. The average Bonchev–Trinajstić information content (AvgIpc) is 3.63. The predicted octanol–water partition coefficient (Wildman–Crippen LogP) is 4.47. The highest BCUT2D eigenvalue weighted by Gasteiger charge is 2.62. The standard InChI is InChI=1S/C28H44N2O4/c1-5-6-7-8-24(32)29(4)22-13-14-28(34)20(3)30(18-21-10-11-21)16-15-27(28,17-22)25-19(2)9-12-23(31)26(25)33/h9,12,20-22,31,33-34H,5-8,10-11,13-18H2,1-4H3/t20-,22?,27-,28?/m1/s1. The molecule has 4 atom stereocenters. The van der Waals surface area contributed by atoms with Crippen molar-refractivity contribution >= 4 is 5.91 Å². The van der Waals surface area contributed by atoms with Crippen LogP contribution >= 0.6 is 0 Å². The zero-order valence-corrected chi connectivity index (χ0v) is 21.5. The molecule has 1 aromatic carbocycles. The monoisotopic (exact) mass is 472 g/mol. The van der Waals surface area contributed by atoms with Crippen molar-refractivity contribution in [3.05, 3.63) is 23.3 Å². The van der Waals surface area contributed by atoms with E-state index in [2.05, 4.69) is 18.7 Å². The van der Waals surface area contributed by atoms with Gasteiger partial charge in [0.1, 0.15) is 0 Å². The molecule has 3 N–H and O–H groups in total. The number of aryl methyl sites for hydroxylation is 1. The second-order valence-corrected chi connectivity index (χ2v) is 11.4. The predicted molar refractivity (Wildman–Crippen MR) is 134 cm³/mol. The van der Waals surface area contributed by atoms with Crippen molar-refractivity contribution in [2.45, 2.75) is 108 Å². The summed E-state index contributed by atoms with van der Waals surface area (Å²) in [6.45, 7) is 8.08. The molecule has 6 heteroatoms. The van der Waals surface area contributed by atoms with E-state index in [1.165, 1.54) is 18.9 Å². The number of piperidine rings is 1. The summed E-state index contributed by atoms with van der Waals surface area (Å²) in [7, 11) is 1.90. The van der Waals surface area contributed by atoms with Crippen LogP contribution < -0.4 is 0 Å². The average molecular weight is 473 g/mol. The van der Waals surface area contributed by atoms with Crippen molar-refractivity contribution < 1.29 is 20.1 Å². The fourth-order valence-electron chi connectivity index (χ4n) is 6.91. The molecule has 3 aliphatic rings. The van der Waals surface area contributed by atoms with E-state index >= 15 is 0 Å². The molecule has 3 fully saturated rings. The first-order chi connectivity index (χ1) is 16.1. The SMILES string of the molecule is CCCCCC(=O)N(C)C1CCC2(O)[C@@H](C)N(CC3CC3)CC[C@]2(c2c(C)ccc(O)c2O)C1. The zero-order valence-electron chi connectivity index (χ0n) is 21.5. The van der Waals surface area contributed by atoms with Crippen LogP contribution in [0.3, 0.4) is 0 Å². The first-order valence-corrected chi connectivity index (χ1v) is 13.4. The Labute approximate surface area is 205 Å². The lowest BCUT2D eigenvalue weighted by Crippen LogP contribution is -2.71. The highest BCUT2D eigenvalue weighted by molar-refractivity contribution is 5.76. The summed E-state index contributed by atoms with van der Waals surface area (Å²) in [5, 5.41) is 34.0. The molecule has 1 heterocycles. The van der Waals surface area contributed by atoms with E-state index in [9.17, 15) is 20.1 Å². The number of carbonyl (C=O) groups is 1. The number of benzene rings is 1. The van der Waals surface area contributed by atoms with Crippen LogP contribution in [0.2, 0.25) is 0 Å². The second kappa shape index (κ2) is 9.69. The Bertz CT molecular complexity index is 901. The Morgan fingerprint density at radius 3 is 2.59 bits per heavy atom. The van der Waals surface area contributed by atoms with Crippen LogP contribution in [0.4, 0.5) is 0 Å². The number of rotatable bonds is 8. The summed E-state index contributed by atoms with van der Waals surface area (Å²) >= 11 is 0. The van der Waals surface area contributed by atoms with Gasteiger partial charge in [0.15, 0.2) is 11.5 Å². The van der Waals surface area contributed by atoms with E-state index in [0.717, 1.165) is 50.3 Å². The molecule has 190 valence electrons. The lowest BCUT2D eigenvalue weighted by molar-refractivity contribution is -0.169. The first kappa shape index (κ1) is 25.3. The number of phenolic OH excluding ortho intramolecular Hbond substituents is 2. The molecule has 0 aromatic heterocycles. The van der Waals surface area contributed by atoms with Crippen LogP contribution in [0.5, 0.6) is 11.5 Å². The largest absolute Gasteiger partial charge is 0.504 e. The van der Waals surface area contributed by atoms with Crippen LogP contribution in [-0.4, -0.2) is 68.8 Å². The Kier molecular flexibility index (Phi) is 7.21. The number of aromatic hydroxyl groups is 2. The van der Waals surface area contributed by atoms with E-state index in [0.29, 0.717) is 31.2 Å². The lowest BCUT2D eigenvalue weighted by atomic mass is 9.52. The van der Waals surface area contributed by atoms with Crippen molar-refractivity contribution in [3.8, 4) is 11.5 Å². The number of unbranched alkanes of at least 4 members (excludes halogenated alkanes) is 2. The van der Waals surface area contributed by atoms with Gasteiger partial charge in [0.05, 0.1) is 5.60 Å². The number of hydrogen-bond donors (Lipinski definition) is 3. The summed E-state index contributed by atoms with van der Waals surface area (Å²) in [6.07, 6.45) is 8.75. The number of nitrogens with zero attached hydrogens (tertiary/aromatic N) is 2. The van der Waals surface area contributed by atoms with Crippen LogP contribution in [0.15, 0.2) is 12.1 Å². The quantitative estimate of drug-likeness (QED) is 0.384. The van der Waals surface area contributed by atoms with Gasteiger partial charge in [-0.15, -0.1) is 0 Å². The normalized spacial score (nSPS) is 31.8. The molecule has 2 aliphatic carbocycles. The van der Waals surface area contributed by atoms with Crippen molar-refractivity contribution in [1.29, 1.82) is 0 Å². The third kappa shape index (κ3) is 4.32. The lowest BCUT2D eigenvalue weighted by Gasteiger charge is -2.62. The van der Waals surface area contributed by atoms with E-state index in [4.69, 9.17) is 0 Å². The smallest absolute Gasteiger partial charge is 0.222 e. The molecular formula is C28H44N2O4. The first-order valence-electron chi connectivity index (χ1n) is 13.4. The zero-order chi connectivity index (χ0) is 24.7. The Balaban J connectivity index is 1.70. The Hall–Kier alpha value is -1.79. The summed E-state index contributed by atoms with van der Waals surface area (Å²) in [5.74, 6) is 0.642.